The van der Waals surface area contributed by atoms with Crippen molar-refractivity contribution in [3.63, 3.8) is 0 Å². The Morgan fingerprint density at radius 2 is 2.19 bits per heavy atom. The quantitative estimate of drug-likeness (QED) is 0.724. The number of hydrogen-bond acceptors (Lipinski definition) is 3. The number of nitrogens with one attached hydrogen (secondary N) is 1. The monoisotopic (exact) mass is 228 g/mol. The van der Waals surface area contributed by atoms with E-state index in [0.29, 0.717) is 12.5 Å². The van der Waals surface area contributed by atoms with E-state index >= 15 is 0 Å². The number of amides is 1. The molecule has 0 heterocycles. The van der Waals surface area contributed by atoms with Crippen LogP contribution in [0.3, 0.4) is 0 Å². The van der Waals surface area contributed by atoms with E-state index in [1.165, 1.54) is 0 Å². The first kappa shape index (κ1) is 13.5. The van der Waals surface area contributed by atoms with Gasteiger partial charge in [0.05, 0.1) is 12.6 Å². The molecule has 2 atom stereocenters. The zero-order valence-electron chi connectivity index (χ0n) is 10.6. The number of carbonyl (C=O) groups excluding carboxylic acids is 1. The van der Waals surface area contributed by atoms with Crippen molar-refractivity contribution in [1.82, 2.24) is 10.2 Å². The molecule has 16 heavy (non-hydrogen) atoms. The Labute approximate surface area is 98.0 Å². The van der Waals surface area contributed by atoms with Gasteiger partial charge in [-0.25, -0.2) is 0 Å². The van der Waals surface area contributed by atoms with E-state index < -0.39 is 0 Å². The lowest BCUT2D eigenvalue weighted by Crippen LogP contribution is -2.40. The van der Waals surface area contributed by atoms with Crippen LogP contribution in [0, 0.1) is 5.92 Å². The molecule has 0 radical (unpaired) electrons. The van der Waals surface area contributed by atoms with Gasteiger partial charge < -0.3 is 10.4 Å². The number of likely N-dealkylation sites (N-methyl/N-ethyl adjacent to an activating group) is 1. The fourth-order valence-corrected chi connectivity index (χ4v) is 2.31. The molecule has 1 rings (SSSR count). The molecule has 0 aromatic carbocycles. The highest BCUT2D eigenvalue weighted by Crippen LogP contribution is 2.25. The first-order chi connectivity index (χ1) is 7.49. The second-order valence-corrected chi connectivity index (χ2v) is 5.18. The average molecular weight is 228 g/mol. The van der Waals surface area contributed by atoms with Gasteiger partial charge in [0, 0.05) is 12.6 Å². The molecule has 1 fully saturated rings. The molecule has 4 nitrogen and oxygen atoms in total. The first-order valence-corrected chi connectivity index (χ1v) is 6.15. The lowest BCUT2D eigenvalue weighted by molar-refractivity contribution is -0.122. The van der Waals surface area contributed by atoms with Gasteiger partial charge in [0.2, 0.25) is 5.91 Å². The maximum atomic E-state index is 11.5. The summed E-state index contributed by atoms with van der Waals surface area (Å²) < 4.78 is 0. The summed E-state index contributed by atoms with van der Waals surface area (Å²) >= 11 is 0. The van der Waals surface area contributed by atoms with E-state index in [1.54, 1.807) is 0 Å². The zero-order chi connectivity index (χ0) is 12.1. The predicted octanol–water partition coefficient (Wildman–Crippen LogP) is 0.604. The van der Waals surface area contributed by atoms with Crippen molar-refractivity contribution in [1.29, 1.82) is 0 Å². The molecule has 1 aliphatic carbocycles. The van der Waals surface area contributed by atoms with Crippen LogP contribution in [0.5, 0.6) is 0 Å². The molecule has 1 amide bonds. The molecule has 0 saturated heterocycles. The van der Waals surface area contributed by atoms with Crippen LogP contribution in [-0.4, -0.2) is 48.2 Å². The average Bonchev–Trinajstić information content (AvgIpc) is 2.49. The highest BCUT2D eigenvalue weighted by Gasteiger charge is 2.26. The predicted molar refractivity (Wildman–Crippen MR) is 64.1 cm³/mol. The van der Waals surface area contributed by atoms with Crippen molar-refractivity contribution in [2.45, 2.75) is 45.3 Å². The van der Waals surface area contributed by atoms with Gasteiger partial charge >= 0.3 is 0 Å². The van der Waals surface area contributed by atoms with Gasteiger partial charge in [0.15, 0.2) is 0 Å². The van der Waals surface area contributed by atoms with Gasteiger partial charge in [-0.3, -0.25) is 9.69 Å². The summed E-state index contributed by atoms with van der Waals surface area (Å²) in [6.45, 7) is 5.14. The lowest BCUT2D eigenvalue weighted by atomic mass is 10.1. The Morgan fingerprint density at radius 1 is 1.50 bits per heavy atom. The van der Waals surface area contributed by atoms with Gasteiger partial charge in [-0.2, -0.15) is 0 Å². The number of hydrogen-bond donors (Lipinski definition) is 2. The fourth-order valence-electron chi connectivity index (χ4n) is 2.31. The summed E-state index contributed by atoms with van der Waals surface area (Å²) in [6.07, 6.45) is 2.93. The third-order valence-electron chi connectivity index (χ3n) is 3.03. The van der Waals surface area contributed by atoms with Crippen molar-refractivity contribution >= 4 is 5.91 Å². The minimum absolute atomic E-state index is 0.0602. The maximum absolute atomic E-state index is 11.5. The molecule has 1 aliphatic rings. The SMILES string of the molecule is CC(C)NC(=O)CN(C)CC1CCCC1O. The standard InChI is InChI=1S/C12H24N2O2/c1-9(2)13-12(16)8-14(3)7-10-5-4-6-11(10)15/h9-11,15H,4-8H2,1-3H3,(H,13,16). The summed E-state index contributed by atoms with van der Waals surface area (Å²) in [5.41, 5.74) is 0. The molecular weight excluding hydrogens is 204 g/mol. The molecule has 2 N–H and O–H groups in total. The van der Waals surface area contributed by atoms with Crippen LogP contribution in [0.4, 0.5) is 0 Å². The Hall–Kier alpha value is -0.610. The van der Waals surface area contributed by atoms with Crippen LogP contribution in [0.1, 0.15) is 33.1 Å². The lowest BCUT2D eigenvalue weighted by Gasteiger charge is -2.23. The molecule has 0 aliphatic heterocycles. The van der Waals surface area contributed by atoms with E-state index in [4.69, 9.17) is 0 Å². The van der Waals surface area contributed by atoms with E-state index in [2.05, 4.69) is 5.32 Å². The van der Waals surface area contributed by atoms with Crippen molar-refractivity contribution in [3.8, 4) is 0 Å². The summed E-state index contributed by atoms with van der Waals surface area (Å²) in [7, 11) is 1.94. The topological polar surface area (TPSA) is 52.6 Å². The van der Waals surface area contributed by atoms with Crippen molar-refractivity contribution in [3.05, 3.63) is 0 Å². The zero-order valence-corrected chi connectivity index (χ0v) is 10.6. The van der Waals surface area contributed by atoms with Crippen LogP contribution in [-0.2, 0) is 4.79 Å². The van der Waals surface area contributed by atoms with Crippen molar-refractivity contribution < 1.29 is 9.90 Å². The van der Waals surface area contributed by atoms with Crippen LogP contribution in [0.15, 0.2) is 0 Å². The van der Waals surface area contributed by atoms with Gasteiger partial charge in [0.25, 0.3) is 0 Å². The van der Waals surface area contributed by atoms with E-state index in [9.17, 15) is 9.90 Å². The molecule has 4 heteroatoms. The van der Waals surface area contributed by atoms with Crippen molar-refractivity contribution in [2.75, 3.05) is 20.1 Å². The summed E-state index contributed by atoms with van der Waals surface area (Å²) in [5, 5.41) is 12.6. The summed E-state index contributed by atoms with van der Waals surface area (Å²) in [4.78, 5) is 13.5. The highest BCUT2D eigenvalue weighted by atomic mass is 16.3. The second kappa shape index (κ2) is 6.21. The molecule has 2 unspecified atom stereocenters. The maximum Gasteiger partial charge on any atom is 0.234 e. The second-order valence-electron chi connectivity index (χ2n) is 5.18. The molecule has 0 aromatic heterocycles. The van der Waals surface area contributed by atoms with E-state index in [0.717, 1.165) is 25.8 Å². The number of aliphatic hydroxyl groups excluding tert-OH is 1. The van der Waals surface area contributed by atoms with Gasteiger partial charge in [0.1, 0.15) is 0 Å². The third-order valence-corrected chi connectivity index (χ3v) is 3.03. The molecular formula is C12H24N2O2. The van der Waals surface area contributed by atoms with Crippen LogP contribution >= 0.6 is 0 Å². The Kier molecular flexibility index (Phi) is 5.22. The number of nitrogens with zero attached hydrogens (tertiary/aromatic N) is 1. The minimum atomic E-state index is -0.171. The van der Waals surface area contributed by atoms with Crippen molar-refractivity contribution in [2.24, 2.45) is 5.92 Å². The molecule has 0 bridgehead atoms. The largest absolute Gasteiger partial charge is 0.393 e. The highest BCUT2D eigenvalue weighted by molar-refractivity contribution is 5.78. The Morgan fingerprint density at radius 3 is 2.69 bits per heavy atom. The molecule has 94 valence electrons. The van der Waals surface area contributed by atoms with Gasteiger partial charge in [-0.15, -0.1) is 0 Å². The number of rotatable bonds is 5. The normalized spacial score (nSPS) is 25.4. The molecule has 1 saturated carbocycles. The van der Waals surface area contributed by atoms with E-state index in [-0.39, 0.29) is 18.1 Å². The van der Waals surface area contributed by atoms with Crippen LogP contribution in [0.25, 0.3) is 0 Å². The number of carbonyl (C=O) groups is 1. The molecule has 0 aromatic rings. The fraction of sp³-hybridized carbons (Fsp3) is 0.917. The third kappa shape index (κ3) is 4.49. The van der Waals surface area contributed by atoms with Gasteiger partial charge in [-0.05, 0) is 39.7 Å². The van der Waals surface area contributed by atoms with Crippen LogP contribution < -0.4 is 5.32 Å². The smallest absolute Gasteiger partial charge is 0.234 e. The summed E-state index contributed by atoms with van der Waals surface area (Å²) in [6, 6.07) is 0.193. The van der Waals surface area contributed by atoms with Crippen LogP contribution in [0.2, 0.25) is 0 Å². The summed E-state index contributed by atoms with van der Waals surface area (Å²) in [5.74, 6) is 0.404. The number of aliphatic hydroxyl groups is 1. The van der Waals surface area contributed by atoms with E-state index in [1.807, 2.05) is 25.8 Å². The van der Waals surface area contributed by atoms with Gasteiger partial charge in [-0.1, -0.05) is 6.42 Å². The molecule has 0 spiro atoms. The first-order valence-electron chi connectivity index (χ1n) is 6.15. The Bertz CT molecular complexity index is 231. The Balaban J connectivity index is 2.24. The minimum Gasteiger partial charge on any atom is -0.393 e.